The van der Waals surface area contributed by atoms with E-state index in [1.54, 1.807) is 26.2 Å². The molecule has 5 rings (SSSR count). The second-order valence-corrected chi connectivity index (χ2v) is 9.11. The molecule has 0 saturated carbocycles. The van der Waals surface area contributed by atoms with Crippen LogP contribution < -0.4 is 0 Å². The fourth-order valence-electron chi connectivity index (χ4n) is 3.67. The molecule has 0 aliphatic carbocycles. The molecule has 3 nitrogen and oxygen atoms in total. The van der Waals surface area contributed by atoms with Gasteiger partial charge in [0.2, 0.25) is 0 Å². The van der Waals surface area contributed by atoms with E-state index in [2.05, 4.69) is 15.0 Å². The van der Waals surface area contributed by atoms with E-state index in [4.69, 9.17) is 34.8 Å². The molecule has 0 amide bonds. The molecule has 0 aliphatic heterocycles. The lowest BCUT2D eigenvalue weighted by Crippen LogP contribution is -1.97. The van der Waals surface area contributed by atoms with Crippen LogP contribution in [-0.2, 0) is 0 Å². The van der Waals surface area contributed by atoms with Gasteiger partial charge in [0.25, 0.3) is 0 Å². The van der Waals surface area contributed by atoms with Crippen molar-refractivity contribution in [2.75, 3.05) is 0 Å². The lowest BCUT2D eigenvalue weighted by Gasteiger charge is -2.12. The Balaban J connectivity index is 0.000000179. The highest BCUT2D eigenvalue weighted by atomic mass is 35.5. The first-order valence-electron chi connectivity index (χ1n) is 10.5. The van der Waals surface area contributed by atoms with Crippen LogP contribution in [0.25, 0.3) is 33.1 Å². The molecule has 0 fully saturated rings. The van der Waals surface area contributed by atoms with Crippen molar-refractivity contribution in [1.29, 1.82) is 0 Å². The third-order valence-corrected chi connectivity index (χ3v) is 6.89. The fraction of sp³-hybridized carbons (Fsp3) is 0.115. The molecule has 184 valence electrons. The second-order valence-electron chi connectivity index (χ2n) is 8.00. The third kappa shape index (κ3) is 4.83. The molecule has 0 aliphatic rings. The van der Waals surface area contributed by atoms with E-state index in [0.29, 0.717) is 16.8 Å². The van der Waals surface area contributed by atoms with Gasteiger partial charge in [-0.1, -0.05) is 34.8 Å². The highest BCUT2D eigenvalue weighted by Crippen LogP contribution is 2.35. The summed E-state index contributed by atoms with van der Waals surface area (Å²) in [6, 6.07) is 5.70. The predicted molar refractivity (Wildman–Crippen MR) is 136 cm³/mol. The number of aromatic nitrogens is 3. The van der Waals surface area contributed by atoms with Crippen LogP contribution >= 0.6 is 34.8 Å². The SMILES string of the molecule is Cc1c(Cl)nc2cc(F)cc(F)c2c1Cl.Cc1ccncc1-c1nc2cc(F)cc(F)c2c(Cl)c1C. The minimum absolute atomic E-state index is 0.0972. The van der Waals surface area contributed by atoms with Crippen LogP contribution in [-0.4, -0.2) is 15.0 Å². The minimum Gasteiger partial charge on any atom is -0.264 e. The van der Waals surface area contributed by atoms with Crippen molar-refractivity contribution < 1.29 is 17.6 Å². The maximum Gasteiger partial charge on any atom is 0.137 e. The zero-order valence-electron chi connectivity index (χ0n) is 19.0. The summed E-state index contributed by atoms with van der Waals surface area (Å²) in [5, 5.41) is 0.802. The number of fused-ring (bicyclic) bond motifs is 2. The average Bonchev–Trinajstić information content (AvgIpc) is 2.80. The first kappa shape index (κ1) is 26.1. The van der Waals surface area contributed by atoms with Gasteiger partial charge in [0, 0.05) is 47.8 Å². The summed E-state index contributed by atoms with van der Waals surface area (Å²) < 4.78 is 53.6. The first-order valence-corrected chi connectivity index (χ1v) is 11.6. The standard InChI is InChI=1S/C16H11ClF2N2.C10H5Cl2F2N/c1-8-3-4-20-7-11(8)16-9(2)15(17)14-12(19)5-10(18)6-13(14)21-16;1-4-9(11)8-6(14)2-5(13)3-7(8)15-10(4)12/h3-7H,1-2H3;2-3H,1H3. The Hall–Kier alpha value is -3.00. The van der Waals surface area contributed by atoms with Crippen LogP contribution in [0.15, 0.2) is 42.7 Å². The van der Waals surface area contributed by atoms with E-state index in [9.17, 15) is 17.6 Å². The molecule has 3 aromatic heterocycles. The molecule has 0 radical (unpaired) electrons. The Labute approximate surface area is 218 Å². The lowest BCUT2D eigenvalue weighted by atomic mass is 10.0. The summed E-state index contributed by atoms with van der Waals surface area (Å²) in [6.07, 6.45) is 3.35. The third-order valence-electron chi connectivity index (χ3n) is 5.58. The molecule has 10 heteroatoms. The molecule has 0 saturated heterocycles. The quantitative estimate of drug-likeness (QED) is 0.154. The van der Waals surface area contributed by atoms with E-state index in [0.717, 1.165) is 29.3 Å². The van der Waals surface area contributed by atoms with Crippen LogP contribution in [0.3, 0.4) is 0 Å². The zero-order chi connectivity index (χ0) is 26.3. The van der Waals surface area contributed by atoms with Crippen molar-refractivity contribution in [1.82, 2.24) is 15.0 Å². The lowest BCUT2D eigenvalue weighted by molar-refractivity contribution is 0.590. The summed E-state index contributed by atoms with van der Waals surface area (Å²) >= 11 is 17.9. The Kier molecular flexibility index (Phi) is 7.36. The van der Waals surface area contributed by atoms with Crippen LogP contribution in [0.1, 0.15) is 16.7 Å². The van der Waals surface area contributed by atoms with E-state index >= 15 is 0 Å². The molecular weight excluding hydrogens is 537 g/mol. The largest absolute Gasteiger partial charge is 0.264 e. The highest BCUT2D eigenvalue weighted by molar-refractivity contribution is 6.39. The predicted octanol–water partition coefficient (Wildman–Crippen LogP) is 8.97. The van der Waals surface area contributed by atoms with Crippen LogP contribution in [0.4, 0.5) is 17.6 Å². The molecule has 0 spiro atoms. The summed E-state index contributed by atoms with van der Waals surface area (Å²) in [4.78, 5) is 12.3. The van der Waals surface area contributed by atoms with Crippen molar-refractivity contribution in [3.05, 3.63) is 97.9 Å². The summed E-state index contributed by atoms with van der Waals surface area (Å²) in [5.41, 5.74) is 3.79. The molecule has 0 atom stereocenters. The monoisotopic (exact) mass is 551 g/mol. The van der Waals surface area contributed by atoms with Gasteiger partial charge in [-0.3, -0.25) is 4.98 Å². The molecule has 2 aromatic carbocycles. The van der Waals surface area contributed by atoms with Gasteiger partial charge in [-0.25, -0.2) is 27.5 Å². The highest BCUT2D eigenvalue weighted by Gasteiger charge is 2.17. The second kappa shape index (κ2) is 10.2. The Morgan fingerprint density at radius 3 is 1.78 bits per heavy atom. The molecule has 0 N–H and O–H groups in total. The van der Waals surface area contributed by atoms with E-state index in [-0.39, 0.29) is 37.0 Å². The van der Waals surface area contributed by atoms with E-state index < -0.39 is 23.3 Å². The van der Waals surface area contributed by atoms with E-state index in [1.165, 1.54) is 6.07 Å². The van der Waals surface area contributed by atoms with Crippen molar-refractivity contribution >= 4 is 56.6 Å². The molecule has 0 bridgehead atoms. The van der Waals surface area contributed by atoms with Gasteiger partial charge in [0.15, 0.2) is 0 Å². The number of hydrogen-bond donors (Lipinski definition) is 0. The number of pyridine rings is 3. The average molecular weight is 553 g/mol. The van der Waals surface area contributed by atoms with Gasteiger partial charge in [-0.05, 0) is 38.0 Å². The molecule has 36 heavy (non-hydrogen) atoms. The maximum atomic E-state index is 13.9. The van der Waals surface area contributed by atoms with Gasteiger partial charge in [-0.15, -0.1) is 0 Å². The van der Waals surface area contributed by atoms with Gasteiger partial charge < -0.3 is 0 Å². The zero-order valence-corrected chi connectivity index (χ0v) is 21.3. The smallest absolute Gasteiger partial charge is 0.137 e. The summed E-state index contributed by atoms with van der Waals surface area (Å²) in [6.45, 7) is 5.31. The normalized spacial score (nSPS) is 11.1. The molecule has 3 heterocycles. The summed E-state index contributed by atoms with van der Waals surface area (Å²) in [5.74, 6) is -2.83. The van der Waals surface area contributed by atoms with Gasteiger partial charge in [0.1, 0.15) is 28.4 Å². The number of benzene rings is 2. The topological polar surface area (TPSA) is 38.7 Å². The van der Waals surface area contributed by atoms with Crippen LogP contribution in [0.5, 0.6) is 0 Å². The van der Waals surface area contributed by atoms with Gasteiger partial charge in [0.05, 0.1) is 37.5 Å². The Bertz CT molecular complexity index is 1660. The van der Waals surface area contributed by atoms with Gasteiger partial charge in [-0.2, -0.15) is 0 Å². The maximum absolute atomic E-state index is 13.9. The van der Waals surface area contributed by atoms with E-state index in [1.807, 2.05) is 13.0 Å². The van der Waals surface area contributed by atoms with Crippen molar-refractivity contribution in [3.63, 3.8) is 0 Å². The van der Waals surface area contributed by atoms with Gasteiger partial charge >= 0.3 is 0 Å². The minimum atomic E-state index is -0.734. The van der Waals surface area contributed by atoms with Crippen molar-refractivity contribution in [2.45, 2.75) is 20.8 Å². The molecule has 0 unspecified atom stereocenters. The number of halogens is 7. The molecular formula is C26H16Cl3F4N3. The summed E-state index contributed by atoms with van der Waals surface area (Å²) in [7, 11) is 0. The Morgan fingerprint density at radius 2 is 1.22 bits per heavy atom. The number of aryl methyl sites for hydroxylation is 1. The first-order chi connectivity index (χ1) is 17.0. The molecule has 5 aromatic rings. The van der Waals surface area contributed by atoms with Crippen LogP contribution in [0, 0.1) is 44.0 Å². The number of nitrogens with zero attached hydrogens (tertiary/aromatic N) is 3. The fourth-order valence-corrected chi connectivity index (χ4v) is 4.46. The number of hydrogen-bond acceptors (Lipinski definition) is 3. The Morgan fingerprint density at radius 1 is 0.694 bits per heavy atom. The van der Waals surface area contributed by atoms with Crippen molar-refractivity contribution in [2.24, 2.45) is 0 Å². The van der Waals surface area contributed by atoms with Crippen molar-refractivity contribution in [3.8, 4) is 11.3 Å². The number of rotatable bonds is 1. The van der Waals surface area contributed by atoms with Crippen LogP contribution in [0.2, 0.25) is 15.2 Å².